The molecular weight excluding hydrogens is 451 g/mol. The van der Waals surface area contributed by atoms with Gasteiger partial charge in [0.25, 0.3) is 0 Å². The van der Waals surface area contributed by atoms with Crippen molar-refractivity contribution >= 4 is 40.1 Å². The normalized spacial score (nSPS) is 10.8. The van der Waals surface area contributed by atoms with E-state index in [0.717, 1.165) is 5.56 Å². The minimum absolute atomic E-state index is 0.0523. The SMILES string of the molecule is CCOC(=O)c1ccc(COc2c(-c3ccccc3)oc3c(Cl)cc(Cl)cc3c2=O)cc1. The van der Waals surface area contributed by atoms with Crippen molar-refractivity contribution in [2.75, 3.05) is 6.61 Å². The highest BCUT2D eigenvalue weighted by molar-refractivity contribution is 6.38. The van der Waals surface area contributed by atoms with Crippen LogP contribution in [-0.4, -0.2) is 12.6 Å². The number of ether oxygens (including phenoxy) is 2. The van der Waals surface area contributed by atoms with Gasteiger partial charge in [0.15, 0.2) is 11.3 Å². The third-order valence-electron chi connectivity index (χ3n) is 4.75. The van der Waals surface area contributed by atoms with Gasteiger partial charge in [-0.15, -0.1) is 0 Å². The summed E-state index contributed by atoms with van der Waals surface area (Å²) in [5.74, 6) is -0.0674. The molecule has 0 saturated carbocycles. The van der Waals surface area contributed by atoms with Gasteiger partial charge in [0.2, 0.25) is 11.2 Å². The number of rotatable bonds is 6. The molecule has 7 heteroatoms. The quantitative estimate of drug-likeness (QED) is 0.301. The minimum atomic E-state index is -0.393. The van der Waals surface area contributed by atoms with Crippen LogP contribution in [0.25, 0.3) is 22.3 Å². The van der Waals surface area contributed by atoms with Gasteiger partial charge in [-0.2, -0.15) is 0 Å². The lowest BCUT2D eigenvalue weighted by molar-refractivity contribution is 0.0526. The molecule has 0 N–H and O–H groups in total. The van der Waals surface area contributed by atoms with Gasteiger partial charge in [-0.1, -0.05) is 65.7 Å². The van der Waals surface area contributed by atoms with E-state index in [1.807, 2.05) is 30.3 Å². The topological polar surface area (TPSA) is 65.7 Å². The Morgan fingerprint density at radius 3 is 2.41 bits per heavy atom. The van der Waals surface area contributed by atoms with Crippen LogP contribution in [0.15, 0.2) is 75.9 Å². The molecule has 1 heterocycles. The lowest BCUT2D eigenvalue weighted by Crippen LogP contribution is -2.11. The van der Waals surface area contributed by atoms with Crippen LogP contribution in [0, 0.1) is 0 Å². The van der Waals surface area contributed by atoms with Gasteiger partial charge >= 0.3 is 5.97 Å². The fourth-order valence-electron chi connectivity index (χ4n) is 3.22. The van der Waals surface area contributed by atoms with Crippen molar-refractivity contribution in [2.24, 2.45) is 0 Å². The second-order valence-corrected chi connectivity index (χ2v) is 7.77. The zero-order chi connectivity index (χ0) is 22.7. The lowest BCUT2D eigenvalue weighted by atomic mass is 10.1. The molecule has 0 amide bonds. The molecule has 0 fully saturated rings. The van der Waals surface area contributed by atoms with Crippen molar-refractivity contribution in [3.8, 4) is 17.1 Å². The predicted molar refractivity (Wildman–Crippen MR) is 125 cm³/mol. The second kappa shape index (κ2) is 9.47. The van der Waals surface area contributed by atoms with E-state index < -0.39 is 5.97 Å². The van der Waals surface area contributed by atoms with Gasteiger partial charge < -0.3 is 13.9 Å². The van der Waals surface area contributed by atoms with Crippen LogP contribution >= 0.6 is 23.2 Å². The summed E-state index contributed by atoms with van der Waals surface area (Å²) in [4.78, 5) is 25.1. The second-order valence-electron chi connectivity index (χ2n) is 6.93. The Morgan fingerprint density at radius 1 is 1.00 bits per heavy atom. The number of esters is 1. The molecule has 0 atom stereocenters. The number of hydrogen-bond donors (Lipinski definition) is 0. The number of carbonyl (C=O) groups excluding carboxylic acids is 1. The Morgan fingerprint density at radius 2 is 1.72 bits per heavy atom. The summed E-state index contributed by atoms with van der Waals surface area (Å²) in [5, 5.41) is 0.792. The third-order valence-corrected chi connectivity index (χ3v) is 5.25. The first kappa shape index (κ1) is 21.9. The van der Waals surface area contributed by atoms with Crippen LogP contribution < -0.4 is 10.2 Å². The maximum absolute atomic E-state index is 13.3. The molecule has 0 unspecified atom stereocenters. The molecule has 32 heavy (non-hydrogen) atoms. The van der Waals surface area contributed by atoms with E-state index in [1.54, 1.807) is 31.2 Å². The third kappa shape index (κ3) is 4.49. The van der Waals surface area contributed by atoms with Crippen molar-refractivity contribution in [1.29, 1.82) is 0 Å². The maximum atomic E-state index is 13.3. The van der Waals surface area contributed by atoms with E-state index in [9.17, 15) is 9.59 Å². The molecule has 0 bridgehead atoms. The van der Waals surface area contributed by atoms with E-state index in [0.29, 0.717) is 22.8 Å². The Labute approximate surface area is 194 Å². The van der Waals surface area contributed by atoms with Crippen LogP contribution in [0.5, 0.6) is 5.75 Å². The fourth-order valence-corrected chi connectivity index (χ4v) is 3.76. The molecule has 0 spiro atoms. The monoisotopic (exact) mass is 468 g/mol. The highest BCUT2D eigenvalue weighted by Gasteiger charge is 2.20. The zero-order valence-corrected chi connectivity index (χ0v) is 18.6. The van der Waals surface area contributed by atoms with E-state index in [2.05, 4.69) is 0 Å². The van der Waals surface area contributed by atoms with Gasteiger partial charge in [-0.3, -0.25) is 4.79 Å². The Hall–Kier alpha value is -3.28. The Kier molecular flexibility index (Phi) is 6.49. The Balaban J connectivity index is 1.73. The molecule has 0 aliphatic heterocycles. The molecule has 0 aliphatic carbocycles. The first-order valence-electron chi connectivity index (χ1n) is 9.88. The molecule has 1 aromatic heterocycles. The first-order chi connectivity index (χ1) is 15.5. The van der Waals surface area contributed by atoms with Gasteiger partial charge in [0, 0.05) is 10.6 Å². The highest BCUT2D eigenvalue weighted by Crippen LogP contribution is 2.35. The molecular formula is C25H18Cl2O5. The minimum Gasteiger partial charge on any atom is -0.481 e. The number of hydrogen-bond acceptors (Lipinski definition) is 5. The number of carbonyl (C=O) groups is 1. The molecule has 0 saturated heterocycles. The number of halogens is 2. The molecule has 3 aromatic carbocycles. The lowest BCUT2D eigenvalue weighted by Gasteiger charge is -2.13. The van der Waals surface area contributed by atoms with Crippen LogP contribution in [0.4, 0.5) is 0 Å². The Bertz CT molecular complexity index is 1330. The summed E-state index contributed by atoms with van der Waals surface area (Å²) in [6.07, 6.45) is 0. The highest BCUT2D eigenvalue weighted by atomic mass is 35.5. The first-order valence-corrected chi connectivity index (χ1v) is 10.6. The van der Waals surface area contributed by atoms with Crippen molar-refractivity contribution in [1.82, 2.24) is 0 Å². The largest absolute Gasteiger partial charge is 0.481 e. The van der Waals surface area contributed by atoms with E-state index in [-0.39, 0.29) is 39.5 Å². The summed E-state index contributed by atoms with van der Waals surface area (Å²) < 4.78 is 17.0. The maximum Gasteiger partial charge on any atom is 0.338 e. The van der Waals surface area contributed by atoms with E-state index in [1.165, 1.54) is 12.1 Å². The van der Waals surface area contributed by atoms with Gasteiger partial charge in [-0.05, 0) is 36.8 Å². The molecule has 4 rings (SSSR count). The zero-order valence-electron chi connectivity index (χ0n) is 17.1. The molecule has 162 valence electrons. The summed E-state index contributed by atoms with van der Waals surface area (Å²) in [7, 11) is 0. The smallest absolute Gasteiger partial charge is 0.338 e. The average molecular weight is 469 g/mol. The number of fused-ring (bicyclic) bond motifs is 1. The summed E-state index contributed by atoms with van der Waals surface area (Å²) in [6, 6.07) is 19.0. The van der Waals surface area contributed by atoms with E-state index in [4.69, 9.17) is 37.1 Å². The molecule has 4 aromatic rings. The van der Waals surface area contributed by atoms with Crippen molar-refractivity contribution in [3.05, 3.63) is 98.1 Å². The standard InChI is InChI=1S/C25H18Cl2O5/c1-2-30-25(29)17-10-8-15(9-11-17)14-31-24-21(28)19-12-18(26)13-20(27)23(19)32-22(24)16-6-4-3-5-7-16/h3-13H,2,14H2,1H3. The van der Waals surface area contributed by atoms with Crippen LogP contribution in [0.2, 0.25) is 10.0 Å². The van der Waals surface area contributed by atoms with Gasteiger partial charge in [0.1, 0.15) is 6.61 Å². The summed E-state index contributed by atoms with van der Waals surface area (Å²) in [6.45, 7) is 2.14. The van der Waals surface area contributed by atoms with E-state index >= 15 is 0 Å². The van der Waals surface area contributed by atoms with Crippen molar-refractivity contribution < 1.29 is 18.7 Å². The average Bonchev–Trinajstić information content (AvgIpc) is 2.80. The fraction of sp³-hybridized carbons (Fsp3) is 0.120. The van der Waals surface area contributed by atoms with Crippen molar-refractivity contribution in [2.45, 2.75) is 13.5 Å². The summed E-state index contributed by atoms with van der Waals surface area (Å²) in [5.41, 5.74) is 1.74. The summed E-state index contributed by atoms with van der Waals surface area (Å²) >= 11 is 12.4. The molecule has 0 aliphatic rings. The molecule has 5 nitrogen and oxygen atoms in total. The number of benzene rings is 3. The molecule has 0 radical (unpaired) electrons. The van der Waals surface area contributed by atoms with Crippen LogP contribution in [0.3, 0.4) is 0 Å². The van der Waals surface area contributed by atoms with Crippen LogP contribution in [-0.2, 0) is 11.3 Å². The van der Waals surface area contributed by atoms with Crippen molar-refractivity contribution in [3.63, 3.8) is 0 Å². The van der Waals surface area contributed by atoms with Crippen LogP contribution in [0.1, 0.15) is 22.8 Å². The van der Waals surface area contributed by atoms with Gasteiger partial charge in [0.05, 0.1) is 22.6 Å². The van der Waals surface area contributed by atoms with Gasteiger partial charge in [-0.25, -0.2) is 4.79 Å². The predicted octanol–water partition coefficient (Wildman–Crippen LogP) is 6.52.